The number of hydrogen-bond acceptors (Lipinski definition) is 1. The quantitative estimate of drug-likeness (QED) is 0.850. The van der Waals surface area contributed by atoms with Gasteiger partial charge in [0.1, 0.15) is 0 Å². The summed E-state index contributed by atoms with van der Waals surface area (Å²) >= 11 is 0. The number of aryl methyl sites for hydroxylation is 1. The number of rotatable bonds is 4. The molecular formula is C14H20N2O. The smallest absolute Gasteiger partial charge is 0.223 e. The van der Waals surface area contributed by atoms with Crippen LogP contribution in [0.5, 0.6) is 0 Å². The lowest BCUT2D eigenvalue weighted by Gasteiger charge is -2.08. The Hall–Kier alpha value is -1.25. The van der Waals surface area contributed by atoms with E-state index in [2.05, 4.69) is 29.8 Å². The lowest BCUT2D eigenvalue weighted by atomic mass is 10.2. The van der Waals surface area contributed by atoms with Gasteiger partial charge in [-0.05, 0) is 51.2 Å². The topological polar surface area (TPSA) is 34.0 Å². The first-order valence-corrected chi connectivity index (χ1v) is 6.62. The molecule has 1 aromatic rings. The maximum atomic E-state index is 11.6. The first-order chi connectivity index (χ1) is 8.16. The Labute approximate surface area is 102 Å². The van der Waals surface area contributed by atoms with Crippen LogP contribution in [0, 0.1) is 19.8 Å². The van der Waals surface area contributed by atoms with Gasteiger partial charge < -0.3 is 9.88 Å². The molecule has 0 aliphatic heterocycles. The fraction of sp³-hybridized carbons (Fsp3) is 0.643. The van der Waals surface area contributed by atoms with Crippen molar-refractivity contribution in [2.75, 3.05) is 0 Å². The molecule has 0 unspecified atom stereocenters. The van der Waals surface area contributed by atoms with Crippen LogP contribution >= 0.6 is 0 Å². The van der Waals surface area contributed by atoms with Gasteiger partial charge in [0.25, 0.3) is 0 Å². The van der Waals surface area contributed by atoms with Crippen LogP contribution in [0.2, 0.25) is 0 Å². The number of aromatic nitrogens is 1. The van der Waals surface area contributed by atoms with Crippen molar-refractivity contribution >= 4 is 5.91 Å². The van der Waals surface area contributed by atoms with Gasteiger partial charge in [0.15, 0.2) is 0 Å². The van der Waals surface area contributed by atoms with E-state index in [4.69, 9.17) is 0 Å². The van der Waals surface area contributed by atoms with Crippen LogP contribution in [0.4, 0.5) is 0 Å². The van der Waals surface area contributed by atoms with Crippen molar-refractivity contribution in [1.29, 1.82) is 0 Å². The molecule has 2 aliphatic rings. The van der Waals surface area contributed by atoms with Crippen molar-refractivity contribution in [2.45, 2.75) is 52.1 Å². The second kappa shape index (κ2) is 3.90. The van der Waals surface area contributed by atoms with E-state index in [0.717, 1.165) is 18.9 Å². The van der Waals surface area contributed by atoms with Gasteiger partial charge >= 0.3 is 0 Å². The van der Waals surface area contributed by atoms with E-state index in [1.54, 1.807) is 0 Å². The molecule has 2 saturated carbocycles. The molecule has 0 aromatic carbocycles. The van der Waals surface area contributed by atoms with E-state index < -0.39 is 0 Å². The van der Waals surface area contributed by atoms with Crippen LogP contribution in [-0.4, -0.2) is 10.5 Å². The summed E-state index contributed by atoms with van der Waals surface area (Å²) in [6.45, 7) is 5.03. The lowest BCUT2D eigenvalue weighted by Crippen LogP contribution is -2.24. The molecule has 92 valence electrons. The van der Waals surface area contributed by atoms with Gasteiger partial charge in [-0.15, -0.1) is 0 Å². The van der Waals surface area contributed by atoms with E-state index in [-0.39, 0.29) is 5.91 Å². The zero-order valence-electron chi connectivity index (χ0n) is 10.6. The van der Waals surface area contributed by atoms with Gasteiger partial charge in [-0.1, -0.05) is 0 Å². The predicted octanol–water partition coefficient (Wildman–Crippen LogP) is 2.47. The van der Waals surface area contributed by atoms with Crippen LogP contribution in [0.25, 0.3) is 0 Å². The highest BCUT2D eigenvalue weighted by Gasteiger charge is 2.30. The molecule has 3 heteroatoms. The summed E-state index contributed by atoms with van der Waals surface area (Å²) in [6.07, 6.45) is 4.77. The Morgan fingerprint density at radius 2 is 2.06 bits per heavy atom. The number of nitrogens with one attached hydrogen (secondary N) is 1. The third-order valence-electron chi connectivity index (χ3n) is 3.90. The minimum absolute atomic E-state index is 0.237. The van der Waals surface area contributed by atoms with Crippen LogP contribution in [0.15, 0.2) is 6.07 Å². The zero-order chi connectivity index (χ0) is 12.0. The van der Waals surface area contributed by atoms with Gasteiger partial charge in [-0.3, -0.25) is 4.79 Å². The Morgan fingerprint density at radius 1 is 1.35 bits per heavy atom. The van der Waals surface area contributed by atoms with E-state index in [1.807, 2.05) is 0 Å². The normalized spacial score (nSPS) is 19.4. The van der Waals surface area contributed by atoms with Crippen LogP contribution in [0.3, 0.4) is 0 Å². The van der Waals surface area contributed by atoms with Crippen molar-refractivity contribution in [3.63, 3.8) is 0 Å². The van der Waals surface area contributed by atoms with E-state index in [9.17, 15) is 4.79 Å². The highest BCUT2D eigenvalue weighted by atomic mass is 16.2. The summed E-state index contributed by atoms with van der Waals surface area (Å²) in [7, 11) is 0. The Balaban J connectivity index is 1.69. The Kier molecular flexibility index (Phi) is 2.49. The van der Waals surface area contributed by atoms with Gasteiger partial charge in [0.05, 0.1) is 0 Å². The van der Waals surface area contributed by atoms with Gasteiger partial charge in [0.2, 0.25) is 5.91 Å². The van der Waals surface area contributed by atoms with Crippen molar-refractivity contribution in [1.82, 2.24) is 9.88 Å². The molecule has 1 heterocycles. The third-order valence-corrected chi connectivity index (χ3v) is 3.90. The van der Waals surface area contributed by atoms with E-state index in [0.29, 0.717) is 12.5 Å². The molecule has 1 amide bonds. The molecule has 17 heavy (non-hydrogen) atoms. The minimum Gasteiger partial charge on any atom is -0.352 e. The Morgan fingerprint density at radius 3 is 2.65 bits per heavy atom. The molecule has 3 nitrogen and oxygen atoms in total. The van der Waals surface area contributed by atoms with Crippen molar-refractivity contribution in [3.8, 4) is 0 Å². The highest BCUT2D eigenvalue weighted by Crippen LogP contribution is 2.38. The molecule has 0 atom stereocenters. The largest absolute Gasteiger partial charge is 0.352 e. The van der Waals surface area contributed by atoms with E-state index in [1.165, 1.54) is 29.8 Å². The summed E-state index contributed by atoms with van der Waals surface area (Å²) in [5.74, 6) is 0.545. The second-order valence-electron chi connectivity index (χ2n) is 5.49. The number of hydrogen-bond donors (Lipinski definition) is 1. The number of nitrogens with zero attached hydrogens (tertiary/aromatic N) is 1. The van der Waals surface area contributed by atoms with Gasteiger partial charge in [-0.2, -0.15) is 0 Å². The van der Waals surface area contributed by atoms with Gasteiger partial charge in [0, 0.05) is 29.9 Å². The average Bonchev–Trinajstić information content (AvgIpc) is 3.14. The molecule has 2 aliphatic carbocycles. The summed E-state index contributed by atoms with van der Waals surface area (Å²) in [4.78, 5) is 11.6. The van der Waals surface area contributed by atoms with Crippen molar-refractivity contribution in [3.05, 3.63) is 23.0 Å². The zero-order valence-corrected chi connectivity index (χ0v) is 10.6. The lowest BCUT2D eigenvalue weighted by molar-refractivity contribution is -0.122. The monoisotopic (exact) mass is 232 g/mol. The first-order valence-electron chi connectivity index (χ1n) is 6.62. The van der Waals surface area contributed by atoms with Crippen LogP contribution < -0.4 is 5.32 Å². The van der Waals surface area contributed by atoms with Gasteiger partial charge in [-0.25, -0.2) is 0 Å². The standard InChI is InChI=1S/C14H20N2O/c1-9-7-12(8-15-14(17)11-3-4-11)10(2)16(9)13-5-6-13/h7,11,13H,3-6,8H2,1-2H3,(H,15,17). The van der Waals surface area contributed by atoms with Crippen LogP contribution in [-0.2, 0) is 11.3 Å². The number of amides is 1. The summed E-state index contributed by atoms with van der Waals surface area (Å²) in [5, 5.41) is 3.05. The first kappa shape index (κ1) is 10.9. The molecule has 0 spiro atoms. The number of carbonyl (C=O) groups is 1. The third kappa shape index (κ3) is 2.11. The van der Waals surface area contributed by atoms with Crippen molar-refractivity contribution in [2.24, 2.45) is 5.92 Å². The molecule has 0 saturated heterocycles. The maximum absolute atomic E-state index is 11.6. The molecule has 1 aromatic heterocycles. The van der Waals surface area contributed by atoms with Crippen LogP contribution in [0.1, 0.15) is 48.7 Å². The molecule has 3 rings (SSSR count). The maximum Gasteiger partial charge on any atom is 0.223 e. The molecule has 0 radical (unpaired) electrons. The minimum atomic E-state index is 0.237. The molecular weight excluding hydrogens is 212 g/mol. The summed E-state index contributed by atoms with van der Waals surface area (Å²) < 4.78 is 2.43. The summed E-state index contributed by atoms with van der Waals surface area (Å²) in [5.41, 5.74) is 3.95. The molecule has 1 N–H and O–H groups in total. The molecule has 2 fully saturated rings. The Bertz CT molecular complexity index is 453. The average molecular weight is 232 g/mol. The fourth-order valence-electron chi connectivity index (χ4n) is 2.59. The van der Waals surface area contributed by atoms with Crippen molar-refractivity contribution < 1.29 is 4.79 Å². The molecule has 0 bridgehead atoms. The summed E-state index contributed by atoms with van der Waals surface area (Å²) in [6, 6.07) is 2.95. The van der Waals surface area contributed by atoms with E-state index >= 15 is 0 Å². The fourth-order valence-corrected chi connectivity index (χ4v) is 2.59. The SMILES string of the molecule is Cc1cc(CNC(=O)C2CC2)c(C)n1C1CC1. The highest BCUT2D eigenvalue weighted by molar-refractivity contribution is 5.80. The number of carbonyl (C=O) groups excluding carboxylic acids is 1. The predicted molar refractivity (Wildman–Crippen MR) is 66.7 cm³/mol. The second-order valence-corrected chi connectivity index (χ2v) is 5.49.